The van der Waals surface area contributed by atoms with Crippen molar-refractivity contribution in [3.05, 3.63) is 164 Å². The van der Waals surface area contributed by atoms with Gasteiger partial charge in [-0.2, -0.15) is 0 Å². The number of nitrogens with zero attached hydrogens (tertiary/aromatic N) is 4. The third-order valence-corrected chi connectivity index (χ3v) is 21.9. The predicted molar refractivity (Wildman–Crippen MR) is 424 cm³/mol. The highest BCUT2D eigenvalue weighted by molar-refractivity contribution is 6.34. The van der Waals surface area contributed by atoms with Gasteiger partial charge in [-0.3, -0.25) is 0 Å². The van der Waals surface area contributed by atoms with Crippen molar-refractivity contribution in [2.24, 2.45) is 10.8 Å². The van der Waals surface area contributed by atoms with Gasteiger partial charge in [0.25, 0.3) is 0 Å². The molecule has 8 aromatic carbocycles. The summed E-state index contributed by atoms with van der Waals surface area (Å²) in [6, 6.07) is 40.4. The first kappa shape index (κ1) is 71.6. The van der Waals surface area contributed by atoms with Gasteiger partial charge in [0, 0.05) is 88.5 Å². The maximum absolute atomic E-state index is 13.6. The number of aromatic nitrogens is 2. The molecule has 0 atom stereocenters. The molecule has 0 spiro atoms. The molecule has 0 radical (unpaired) electrons. The number of phenolic OH excluding ortho intramolecular Hbond substituents is 2. The van der Waals surface area contributed by atoms with Crippen molar-refractivity contribution >= 4 is 78.2 Å². The van der Waals surface area contributed by atoms with E-state index in [1.54, 1.807) is 0 Å². The Labute approximate surface area is 601 Å². The Morgan fingerprint density at radius 3 is 0.939 bits per heavy atom. The van der Waals surface area contributed by atoms with E-state index in [1.165, 1.54) is 22.3 Å². The number of hydrogen-bond donors (Lipinski definition) is 2. The highest BCUT2D eigenvalue weighted by Crippen LogP contribution is 2.55. The maximum Gasteiger partial charge on any atom is 0.147 e. The number of anilines is 2. The molecule has 0 bridgehead atoms. The summed E-state index contributed by atoms with van der Waals surface area (Å²) in [7, 11) is 4.19. The molecule has 2 aliphatic heterocycles. The minimum Gasteiger partial charge on any atom is -0.505 e. The molecule has 0 aliphatic carbocycles. The molecule has 524 valence electrons. The molecular formula is C89H110Cl2N4O4. The number of halogens is 2. The summed E-state index contributed by atoms with van der Waals surface area (Å²) in [6.07, 6.45) is 3.76. The SMILES string of the molecule is CN1CCc2c(OCCCOc3c(-c4cc(C(C)(C)CC(C)(C)C)cc(-n5c6cc(C(C)(C)C)ccc6c6ccc(C(C)(C)C)cc65)c4O)cc(Cl)c4c3CCN4C)c(-c3cc(C(C)(C)CC(C)(C)C)cc(-n4c5cc(C(C)(C)C)ccc5c5ccc(C(C)(C)C)cc54)c3O)cc(Cl)c21. The van der Waals surface area contributed by atoms with E-state index >= 15 is 0 Å². The normalized spacial score (nSPS) is 14.4. The van der Waals surface area contributed by atoms with Crippen molar-refractivity contribution in [2.45, 2.75) is 217 Å². The molecule has 2 aliphatic rings. The molecule has 12 rings (SSSR count). The zero-order chi connectivity index (χ0) is 72.1. The van der Waals surface area contributed by atoms with E-state index in [4.69, 9.17) is 32.7 Å². The lowest BCUT2D eigenvalue weighted by molar-refractivity contribution is 0.246. The van der Waals surface area contributed by atoms with E-state index in [-0.39, 0.29) is 54.8 Å². The fraction of sp³-hybridized carbons (Fsp3) is 0.461. The molecule has 0 saturated carbocycles. The van der Waals surface area contributed by atoms with Gasteiger partial charge in [0.15, 0.2) is 0 Å². The fourth-order valence-corrected chi connectivity index (χ4v) is 17.3. The van der Waals surface area contributed by atoms with Gasteiger partial charge in [0.05, 0.1) is 68.1 Å². The number of likely N-dealkylation sites (N-methyl/N-ethyl adjacent to an activating group) is 2. The number of hydrogen-bond acceptors (Lipinski definition) is 6. The molecule has 0 fully saturated rings. The van der Waals surface area contributed by atoms with E-state index in [9.17, 15) is 10.2 Å². The lowest BCUT2D eigenvalue weighted by atomic mass is 9.71. The largest absolute Gasteiger partial charge is 0.505 e. The highest BCUT2D eigenvalue weighted by Gasteiger charge is 2.37. The Hall–Kier alpha value is -7.26. The molecule has 2 aromatic heterocycles. The molecule has 0 unspecified atom stereocenters. The van der Waals surface area contributed by atoms with Crippen molar-refractivity contribution in [2.75, 3.05) is 50.2 Å². The van der Waals surface area contributed by atoms with Crippen LogP contribution in [0.2, 0.25) is 10.0 Å². The quantitative estimate of drug-likeness (QED) is 0.106. The number of benzene rings is 8. The van der Waals surface area contributed by atoms with Crippen LogP contribution in [0.3, 0.4) is 0 Å². The molecule has 10 aromatic rings. The van der Waals surface area contributed by atoms with Crippen LogP contribution in [0.25, 0.3) is 77.2 Å². The van der Waals surface area contributed by atoms with Crippen LogP contribution in [0.15, 0.2) is 109 Å². The van der Waals surface area contributed by atoms with Crippen molar-refractivity contribution in [3.8, 4) is 56.6 Å². The van der Waals surface area contributed by atoms with Gasteiger partial charge < -0.3 is 38.6 Å². The molecule has 10 heteroatoms. The molecule has 0 saturated heterocycles. The first-order chi connectivity index (χ1) is 45.8. The fourth-order valence-electron chi connectivity index (χ4n) is 16.6. The molecule has 8 nitrogen and oxygen atoms in total. The zero-order valence-corrected chi connectivity index (χ0v) is 65.5. The average molecular weight is 1370 g/mol. The van der Waals surface area contributed by atoms with Gasteiger partial charge in [-0.25, -0.2) is 0 Å². The number of phenols is 2. The number of fused-ring (bicyclic) bond motifs is 8. The second-order valence-corrected chi connectivity index (χ2v) is 38.0. The Morgan fingerprint density at radius 2 is 0.667 bits per heavy atom. The second kappa shape index (κ2) is 24.8. The molecule has 0 amide bonds. The maximum atomic E-state index is 13.6. The van der Waals surface area contributed by atoms with E-state index in [0.29, 0.717) is 63.7 Å². The van der Waals surface area contributed by atoms with Crippen LogP contribution in [0.1, 0.15) is 216 Å². The minimum atomic E-state index is -0.324. The Morgan fingerprint density at radius 1 is 0.374 bits per heavy atom. The van der Waals surface area contributed by atoms with Crippen LogP contribution >= 0.6 is 23.2 Å². The van der Waals surface area contributed by atoms with Crippen molar-refractivity contribution < 1.29 is 19.7 Å². The lowest BCUT2D eigenvalue weighted by Gasteiger charge is -2.34. The summed E-state index contributed by atoms with van der Waals surface area (Å²) in [5.41, 5.74) is 18.3. The Bertz CT molecular complexity index is 4410. The predicted octanol–water partition coefficient (Wildman–Crippen LogP) is 24.4. The van der Waals surface area contributed by atoms with Crippen LogP contribution < -0.4 is 19.3 Å². The molecule has 4 heterocycles. The number of ether oxygens (including phenoxy) is 2. The second-order valence-electron chi connectivity index (χ2n) is 37.1. The topological polar surface area (TPSA) is 75.3 Å². The first-order valence-electron chi connectivity index (χ1n) is 36.2. The van der Waals surface area contributed by atoms with Crippen LogP contribution in [-0.4, -0.2) is 59.7 Å². The first-order valence-corrected chi connectivity index (χ1v) is 36.9. The summed E-state index contributed by atoms with van der Waals surface area (Å²) >= 11 is 15.1. The smallest absolute Gasteiger partial charge is 0.147 e. The standard InChI is InChI=1S/C89H110Cl2N4O4/c1-82(2,3)50-88(19,20)56-40-64(78(96)74(46-56)94-70-42-52(84(7,8)9)26-30-58(70)59-31-27-53(43-71(59)94)85(10,11)12)66-48-68(90)76-62(34-36-92(76)23)80(66)98-38-25-39-99-81-63-35-37-93(24)77(63)69(91)49-67(81)65-41-57(89(21,22)51-83(4,5)6)47-75(79(65)97)95-72-44-54(86(13,14)15)28-32-60(72)61-33-29-55(45-73(61)95)87(16,17)18/h26-33,40-49,96-97H,25,34-39,50-51H2,1-24H3. The third kappa shape index (κ3) is 13.4. The van der Waals surface area contributed by atoms with Crippen molar-refractivity contribution in [1.82, 2.24) is 9.13 Å². The van der Waals surface area contributed by atoms with Crippen LogP contribution in [0, 0.1) is 10.8 Å². The van der Waals surface area contributed by atoms with E-state index in [2.05, 4.69) is 282 Å². The zero-order valence-electron chi connectivity index (χ0n) is 64.0. The summed E-state index contributed by atoms with van der Waals surface area (Å²) in [4.78, 5) is 4.44. The monoisotopic (exact) mass is 1370 g/mol. The number of aromatic hydroxyl groups is 2. The third-order valence-electron chi connectivity index (χ3n) is 21.3. The van der Waals surface area contributed by atoms with E-state index in [1.807, 2.05) is 12.1 Å². The van der Waals surface area contributed by atoms with Crippen molar-refractivity contribution in [1.29, 1.82) is 0 Å². The van der Waals surface area contributed by atoms with Crippen LogP contribution in [0.4, 0.5) is 11.4 Å². The summed E-state index contributed by atoms with van der Waals surface area (Å²) in [5, 5.41) is 33.0. The lowest BCUT2D eigenvalue weighted by Crippen LogP contribution is -2.25. The minimum absolute atomic E-state index is 0.00427. The van der Waals surface area contributed by atoms with Gasteiger partial charge in [-0.1, -0.05) is 224 Å². The van der Waals surface area contributed by atoms with Gasteiger partial charge in [-0.15, -0.1) is 0 Å². The van der Waals surface area contributed by atoms with Gasteiger partial charge in [-0.05, 0) is 163 Å². The van der Waals surface area contributed by atoms with Gasteiger partial charge >= 0.3 is 0 Å². The van der Waals surface area contributed by atoms with Gasteiger partial charge in [0.1, 0.15) is 23.0 Å². The summed E-state index contributed by atoms with van der Waals surface area (Å²) in [6.45, 7) is 52.5. The molecule has 99 heavy (non-hydrogen) atoms. The average Bonchev–Trinajstić information content (AvgIpc) is 1.64. The Balaban J connectivity index is 0.994. The highest BCUT2D eigenvalue weighted by atomic mass is 35.5. The van der Waals surface area contributed by atoms with E-state index < -0.39 is 0 Å². The molecule has 2 N–H and O–H groups in total. The summed E-state index contributed by atoms with van der Waals surface area (Å²) in [5.74, 6) is 1.76. The van der Waals surface area contributed by atoms with Gasteiger partial charge in [0.2, 0.25) is 0 Å². The Kier molecular flexibility index (Phi) is 17.9. The van der Waals surface area contributed by atoms with Crippen LogP contribution in [0.5, 0.6) is 23.0 Å². The molecular weight excluding hydrogens is 1260 g/mol. The van der Waals surface area contributed by atoms with E-state index in [0.717, 1.165) is 127 Å². The summed E-state index contributed by atoms with van der Waals surface area (Å²) < 4.78 is 19.2. The number of rotatable bonds is 14. The van der Waals surface area contributed by atoms with Crippen LogP contribution in [-0.2, 0) is 45.3 Å². The van der Waals surface area contributed by atoms with Crippen molar-refractivity contribution in [3.63, 3.8) is 0 Å².